The van der Waals surface area contributed by atoms with Crippen LogP contribution in [0.2, 0.25) is 0 Å². The minimum Gasteiger partial charge on any atom is -0.359 e. The topological polar surface area (TPSA) is 74.5 Å². The maximum atomic E-state index is 14.2. The van der Waals surface area contributed by atoms with Crippen LogP contribution in [-0.2, 0) is 5.41 Å². The SMILES string of the molecule is N#Cc1cccc(-c2nnc(NC[C@]3(c4ncccc4F)C[C@H](F)C3)s2)c1. The number of anilines is 1. The van der Waals surface area contributed by atoms with E-state index < -0.39 is 17.4 Å². The van der Waals surface area contributed by atoms with Crippen molar-refractivity contribution in [2.24, 2.45) is 0 Å². The van der Waals surface area contributed by atoms with E-state index in [0.717, 1.165) is 5.56 Å². The highest BCUT2D eigenvalue weighted by Crippen LogP contribution is 2.45. The molecule has 1 aliphatic rings. The van der Waals surface area contributed by atoms with Gasteiger partial charge in [0.1, 0.15) is 17.0 Å². The first-order chi connectivity index (χ1) is 13.1. The van der Waals surface area contributed by atoms with Crippen LogP contribution in [0.5, 0.6) is 0 Å². The molecule has 0 amide bonds. The van der Waals surface area contributed by atoms with Crippen LogP contribution in [0.25, 0.3) is 10.6 Å². The number of nitrogens with zero attached hydrogens (tertiary/aromatic N) is 4. The van der Waals surface area contributed by atoms with Crippen LogP contribution in [0.1, 0.15) is 24.1 Å². The van der Waals surface area contributed by atoms with Gasteiger partial charge in [0.2, 0.25) is 5.13 Å². The average Bonchev–Trinajstić information content (AvgIpc) is 3.14. The van der Waals surface area contributed by atoms with Gasteiger partial charge in [-0.25, -0.2) is 8.78 Å². The van der Waals surface area contributed by atoms with Gasteiger partial charge in [0.25, 0.3) is 0 Å². The highest BCUT2D eigenvalue weighted by Gasteiger charge is 2.48. The van der Waals surface area contributed by atoms with Crippen molar-refractivity contribution < 1.29 is 8.78 Å². The van der Waals surface area contributed by atoms with E-state index in [1.165, 1.54) is 29.7 Å². The van der Waals surface area contributed by atoms with Crippen molar-refractivity contribution in [3.8, 4) is 16.6 Å². The fourth-order valence-corrected chi connectivity index (χ4v) is 4.10. The number of hydrogen-bond donors (Lipinski definition) is 1. The number of halogens is 2. The van der Waals surface area contributed by atoms with E-state index in [2.05, 4.69) is 26.6 Å². The highest BCUT2D eigenvalue weighted by atomic mass is 32.1. The molecule has 1 saturated carbocycles. The molecule has 0 saturated heterocycles. The summed E-state index contributed by atoms with van der Waals surface area (Å²) in [6.07, 6.45) is 1.02. The molecule has 1 fully saturated rings. The van der Waals surface area contributed by atoms with Gasteiger partial charge in [0.15, 0.2) is 0 Å². The molecular formula is C19H15F2N5S. The predicted octanol–water partition coefficient (Wildman–Crippen LogP) is 4.09. The summed E-state index contributed by atoms with van der Waals surface area (Å²) in [5, 5.41) is 21.7. The summed E-state index contributed by atoms with van der Waals surface area (Å²) < 4.78 is 27.8. The minimum atomic E-state index is -0.952. The summed E-state index contributed by atoms with van der Waals surface area (Å²) in [6, 6.07) is 12.1. The van der Waals surface area contributed by atoms with Crippen LogP contribution >= 0.6 is 11.3 Å². The van der Waals surface area contributed by atoms with Crippen LogP contribution in [0.4, 0.5) is 13.9 Å². The van der Waals surface area contributed by atoms with Crippen molar-refractivity contribution in [1.29, 1.82) is 5.26 Å². The lowest BCUT2D eigenvalue weighted by Crippen LogP contribution is -2.48. The zero-order valence-corrected chi connectivity index (χ0v) is 15.0. The maximum Gasteiger partial charge on any atom is 0.206 e. The van der Waals surface area contributed by atoms with E-state index in [4.69, 9.17) is 5.26 Å². The zero-order valence-electron chi connectivity index (χ0n) is 14.2. The molecular weight excluding hydrogens is 368 g/mol. The lowest BCUT2D eigenvalue weighted by Gasteiger charge is -2.43. The minimum absolute atomic E-state index is 0.226. The fraction of sp³-hybridized carbons (Fsp3) is 0.263. The Morgan fingerprint density at radius 3 is 2.85 bits per heavy atom. The Balaban J connectivity index is 1.52. The monoisotopic (exact) mass is 383 g/mol. The second-order valence-corrected chi connectivity index (χ2v) is 7.56. The van der Waals surface area contributed by atoms with Crippen molar-refractivity contribution in [2.75, 3.05) is 11.9 Å². The van der Waals surface area contributed by atoms with Crippen molar-refractivity contribution in [2.45, 2.75) is 24.4 Å². The largest absolute Gasteiger partial charge is 0.359 e. The third-order valence-electron chi connectivity index (χ3n) is 4.73. The normalized spacial score (nSPS) is 21.3. The number of benzene rings is 1. The zero-order chi connectivity index (χ0) is 18.9. The number of pyridine rings is 1. The highest BCUT2D eigenvalue weighted by molar-refractivity contribution is 7.18. The first-order valence-electron chi connectivity index (χ1n) is 8.43. The van der Waals surface area contributed by atoms with Gasteiger partial charge in [-0.1, -0.05) is 23.5 Å². The van der Waals surface area contributed by atoms with E-state index in [-0.39, 0.29) is 18.5 Å². The third kappa shape index (κ3) is 3.38. The summed E-state index contributed by atoms with van der Waals surface area (Å²) in [7, 11) is 0. The van der Waals surface area contributed by atoms with Gasteiger partial charge in [-0.2, -0.15) is 5.26 Å². The number of hydrogen-bond acceptors (Lipinski definition) is 6. The summed E-state index contributed by atoms with van der Waals surface area (Å²) in [6.45, 7) is 0.328. The number of alkyl halides is 1. The standard InChI is InChI=1S/C19H15F2N5S/c20-14-8-19(9-14,16-15(21)5-2-6-23-16)11-24-18-26-25-17(27-18)13-4-1-3-12(7-13)10-22/h1-7,14H,8-9,11H2,(H,24,26)/t14-,19-. The molecule has 27 heavy (non-hydrogen) atoms. The van der Waals surface area contributed by atoms with Gasteiger partial charge in [-0.05, 0) is 37.1 Å². The number of aromatic nitrogens is 3. The molecule has 2 heterocycles. The lowest BCUT2D eigenvalue weighted by atomic mass is 9.65. The summed E-state index contributed by atoms with van der Waals surface area (Å²) >= 11 is 1.33. The summed E-state index contributed by atoms with van der Waals surface area (Å²) in [5.74, 6) is -0.419. The van der Waals surface area contributed by atoms with Gasteiger partial charge in [-0.3, -0.25) is 4.98 Å². The van der Waals surface area contributed by atoms with Gasteiger partial charge < -0.3 is 5.32 Å². The molecule has 0 bridgehead atoms. The molecule has 0 radical (unpaired) electrons. The quantitative estimate of drug-likeness (QED) is 0.718. The lowest BCUT2D eigenvalue weighted by molar-refractivity contribution is 0.0965. The first-order valence-corrected chi connectivity index (χ1v) is 9.24. The Hall–Kier alpha value is -2.92. The van der Waals surface area contributed by atoms with Gasteiger partial charge in [0.05, 0.1) is 17.3 Å². The number of nitrogens with one attached hydrogen (secondary N) is 1. The van der Waals surface area contributed by atoms with E-state index >= 15 is 0 Å². The maximum absolute atomic E-state index is 14.2. The van der Waals surface area contributed by atoms with Crippen LogP contribution in [0.15, 0.2) is 42.6 Å². The summed E-state index contributed by atoms with van der Waals surface area (Å²) in [5.41, 5.74) is 0.956. The molecule has 1 N–H and O–H groups in total. The number of rotatable bonds is 5. The van der Waals surface area contributed by atoms with Crippen molar-refractivity contribution in [3.05, 3.63) is 59.7 Å². The molecule has 0 atom stereocenters. The van der Waals surface area contributed by atoms with E-state index in [0.29, 0.717) is 22.2 Å². The molecule has 3 aromatic rings. The second-order valence-electron chi connectivity index (χ2n) is 6.58. The third-order valence-corrected chi connectivity index (χ3v) is 5.66. The van der Waals surface area contributed by atoms with Crippen LogP contribution < -0.4 is 5.32 Å². The van der Waals surface area contributed by atoms with Crippen molar-refractivity contribution in [1.82, 2.24) is 15.2 Å². The summed E-state index contributed by atoms with van der Waals surface area (Å²) in [4.78, 5) is 4.15. The fourth-order valence-electron chi connectivity index (χ4n) is 3.36. The molecule has 0 unspecified atom stereocenters. The van der Waals surface area contributed by atoms with E-state index in [1.807, 2.05) is 6.07 Å². The Labute approximate surface area is 158 Å². The predicted molar refractivity (Wildman–Crippen MR) is 98.6 cm³/mol. The van der Waals surface area contributed by atoms with Gasteiger partial charge in [0, 0.05) is 23.7 Å². The molecule has 5 nitrogen and oxygen atoms in total. The smallest absolute Gasteiger partial charge is 0.206 e. The van der Waals surface area contributed by atoms with Crippen molar-refractivity contribution >= 4 is 16.5 Å². The molecule has 0 aliphatic heterocycles. The first kappa shape index (κ1) is 17.5. The second kappa shape index (κ2) is 7.00. The van der Waals surface area contributed by atoms with Crippen LogP contribution in [0, 0.1) is 17.1 Å². The number of nitriles is 1. The Morgan fingerprint density at radius 1 is 1.26 bits per heavy atom. The Morgan fingerprint density at radius 2 is 2.11 bits per heavy atom. The van der Waals surface area contributed by atoms with Crippen LogP contribution in [-0.4, -0.2) is 27.9 Å². The Kier molecular flexibility index (Phi) is 4.54. The molecule has 1 aliphatic carbocycles. The van der Waals surface area contributed by atoms with Gasteiger partial charge in [-0.15, -0.1) is 10.2 Å². The Bertz CT molecular complexity index is 1010. The molecule has 136 valence electrons. The van der Waals surface area contributed by atoms with Crippen LogP contribution in [0.3, 0.4) is 0 Å². The van der Waals surface area contributed by atoms with Crippen molar-refractivity contribution in [3.63, 3.8) is 0 Å². The molecule has 0 spiro atoms. The molecule has 4 rings (SSSR count). The average molecular weight is 383 g/mol. The molecule has 2 aromatic heterocycles. The van der Waals surface area contributed by atoms with E-state index in [9.17, 15) is 8.78 Å². The van der Waals surface area contributed by atoms with Gasteiger partial charge >= 0.3 is 0 Å². The molecule has 1 aromatic carbocycles. The molecule has 8 heteroatoms. The van der Waals surface area contributed by atoms with E-state index in [1.54, 1.807) is 18.2 Å².